The number of rotatable bonds is 3. The van der Waals surface area contributed by atoms with Gasteiger partial charge >= 0.3 is 5.92 Å². The molecule has 1 amide bonds. The summed E-state index contributed by atoms with van der Waals surface area (Å²) in [6, 6.07) is -0.214. The maximum absolute atomic E-state index is 12.7. The second-order valence-electron chi connectivity index (χ2n) is 3.27. The van der Waals surface area contributed by atoms with Gasteiger partial charge in [0.05, 0.1) is 6.54 Å². The number of ether oxygens (including phenoxy) is 1. The third kappa shape index (κ3) is 2.88. The molecule has 1 rings (SSSR count). The monoisotopic (exact) mass is 208 g/mol. The number of nitrogens with one attached hydrogen (secondary N) is 1. The third-order valence-electron chi connectivity index (χ3n) is 2.15. The van der Waals surface area contributed by atoms with Gasteiger partial charge in [-0.15, -0.1) is 0 Å². The van der Waals surface area contributed by atoms with Gasteiger partial charge in [0.1, 0.15) is 0 Å². The normalized spacial score (nSPS) is 19.4. The Morgan fingerprint density at radius 3 is 2.57 bits per heavy atom. The highest BCUT2D eigenvalue weighted by Gasteiger charge is 2.38. The van der Waals surface area contributed by atoms with Crippen LogP contribution < -0.4 is 11.1 Å². The minimum Gasteiger partial charge on any atom is -0.381 e. The molecule has 4 nitrogen and oxygen atoms in total. The van der Waals surface area contributed by atoms with Crippen molar-refractivity contribution in [2.75, 3.05) is 19.8 Å². The zero-order chi connectivity index (χ0) is 10.6. The Kier molecular flexibility index (Phi) is 3.77. The van der Waals surface area contributed by atoms with Crippen molar-refractivity contribution in [3.05, 3.63) is 0 Å². The summed E-state index contributed by atoms with van der Waals surface area (Å²) >= 11 is 0. The lowest BCUT2D eigenvalue weighted by Gasteiger charge is -2.25. The summed E-state index contributed by atoms with van der Waals surface area (Å²) in [6.07, 6.45) is 1.15. The average molecular weight is 208 g/mol. The Hall–Kier alpha value is -0.750. The topological polar surface area (TPSA) is 64.4 Å². The molecule has 0 aromatic heterocycles. The van der Waals surface area contributed by atoms with Crippen molar-refractivity contribution < 1.29 is 18.3 Å². The molecule has 0 radical (unpaired) electrons. The summed E-state index contributed by atoms with van der Waals surface area (Å²) in [4.78, 5) is 11.0. The van der Waals surface area contributed by atoms with Crippen molar-refractivity contribution in [2.45, 2.75) is 24.8 Å². The maximum atomic E-state index is 12.7. The van der Waals surface area contributed by atoms with E-state index in [9.17, 15) is 13.6 Å². The van der Waals surface area contributed by atoms with Crippen LogP contribution in [0.2, 0.25) is 0 Å². The van der Waals surface area contributed by atoms with Crippen molar-refractivity contribution >= 4 is 5.91 Å². The zero-order valence-corrected chi connectivity index (χ0v) is 7.76. The molecule has 0 atom stereocenters. The highest BCUT2D eigenvalue weighted by atomic mass is 19.3. The molecule has 1 aliphatic rings. The zero-order valence-electron chi connectivity index (χ0n) is 7.76. The van der Waals surface area contributed by atoms with Gasteiger partial charge in [-0.25, -0.2) is 0 Å². The highest BCUT2D eigenvalue weighted by Crippen LogP contribution is 2.13. The lowest BCUT2D eigenvalue weighted by atomic mass is 10.1. The van der Waals surface area contributed by atoms with Crippen LogP contribution in [-0.2, 0) is 9.53 Å². The summed E-state index contributed by atoms with van der Waals surface area (Å²) in [6.45, 7) is 0.0420. The number of carbonyl (C=O) groups is 1. The van der Waals surface area contributed by atoms with Gasteiger partial charge < -0.3 is 15.8 Å². The van der Waals surface area contributed by atoms with Gasteiger partial charge in [0, 0.05) is 19.3 Å². The fourth-order valence-electron chi connectivity index (χ4n) is 1.23. The first-order chi connectivity index (χ1) is 6.56. The smallest absolute Gasteiger partial charge is 0.336 e. The molecular weight excluding hydrogens is 194 g/mol. The quantitative estimate of drug-likeness (QED) is 0.679. The molecule has 0 aliphatic carbocycles. The summed E-state index contributed by atoms with van der Waals surface area (Å²) in [7, 11) is 0. The van der Waals surface area contributed by atoms with Gasteiger partial charge in [-0.3, -0.25) is 4.79 Å². The molecule has 0 saturated carbocycles. The van der Waals surface area contributed by atoms with Crippen molar-refractivity contribution in [3.63, 3.8) is 0 Å². The second-order valence-corrected chi connectivity index (χ2v) is 3.27. The molecule has 14 heavy (non-hydrogen) atoms. The van der Waals surface area contributed by atoms with Gasteiger partial charge in [-0.1, -0.05) is 0 Å². The number of alkyl halides is 2. The van der Waals surface area contributed by atoms with E-state index >= 15 is 0 Å². The van der Waals surface area contributed by atoms with Crippen molar-refractivity contribution in [2.24, 2.45) is 5.73 Å². The van der Waals surface area contributed by atoms with Crippen LogP contribution >= 0.6 is 0 Å². The average Bonchev–Trinajstić information content (AvgIpc) is 2.19. The number of carbonyl (C=O) groups excluding carboxylic acids is 1. The van der Waals surface area contributed by atoms with Gasteiger partial charge in [0.25, 0.3) is 5.91 Å². The van der Waals surface area contributed by atoms with Gasteiger partial charge in [0.15, 0.2) is 0 Å². The van der Waals surface area contributed by atoms with Crippen LogP contribution in [0.15, 0.2) is 0 Å². The van der Waals surface area contributed by atoms with E-state index < -0.39 is 18.4 Å². The first-order valence-corrected chi connectivity index (χ1v) is 4.53. The Morgan fingerprint density at radius 1 is 1.50 bits per heavy atom. The van der Waals surface area contributed by atoms with E-state index in [0.29, 0.717) is 26.1 Å². The number of amides is 1. The van der Waals surface area contributed by atoms with Crippen LogP contribution in [0.1, 0.15) is 12.8 Å². The standard InChI is InChI=1S/C8H14F2N2O2/c9-8(10,5-11)7(13)12-6-1-3-14-4-2-6/h6H,1-5,11H2,(H,12,13). The molecule has 1 fully saturated rings. The lowest BCUT2D eigenvalue weighted by Crippen LogP contribution is -2.50. The minimum atomic E-state index is -3.46. The van der Waals surface area contributed by atoms with E-state index in [2.05, 4.69) is 5.32 Å². The van der Waals surface area contributed by atoms with E-state index in [0.717, 1.165) is 0 Å². The minimum absolute atomic E-state index is 0.214. The Bertz CT molecular complexity index is 206. The first-order valence-electron chi connectivity index (χ1n) is 4.53. The van der Waals surface area contributed by atoms with Gasteiger partial charge in [-0.2, -0.15) is 8.78 Å². The van der Waals surface area contributed by atoms with E-state index in [1.165, 1.54) is 0 Å². The molecule has 1 heterocycles. The molecule has 3 N–H and O–H groups in total. The number of nitrogens with two attached hydrogens (primary N) is 1. The molecule has 6 heteroatoms. The molecule has 0 aromatic carbocycles. The molecule has 82 valence electrons. The van der Waals surface area contributed by atoms with E-state index in [4.69, 9.17) is 10.5 Å². The molecule has 0 aromatic rings. The molecule has 0 bridgehead atoms. The van der Waals surface area contributed by atoms with Crippen LogP contribution in [-0.4, -0.2) is 37.6 Å². The largest absolute Gasteiger partial charge is 0.381 e. The predicted octanol–water partition coefficient (Wildman–Crippen LogP) is -0.124. The Morgan fingerprint density at radius 2 is 2.07 bits per heavy atom. The first kappa shape index (κ1) is 11.3. The number of halogens is 2. The summed E-state index contributed by atoms with van der Waals surface area (Å²) in [5, 5.41) is 2.26. The van der Waals surface area contributed by atoms with Gasteiger partial charge in [0.2, 0.25) is 0 Å². The SMILES string of the molecule is NCC(F)(F)C(=O)NC1CCOCC1. The van der Waals surface area contributed by atoms with Crippen LogP contribution in [0.5, 0.6) is 0 Å². The van der Waals surface area contributed by atoms with Crippen LogP contribution in [0.25, 0.3) is 0 Å². The fraction of sp³-hybridized carbons (Fsp3) is 0.875. The summed E-state index contributed by atoms with van der Waals surface area (Å²) < 4.78 is 30.5. The Balaban J connectivity index is 2.39. The lowest BCUT2D eigenvalue weighted by molar-refractivity contribution is -0.145. The predicted molar refractivity (Wildman–Crippen MR) is 46.0 cm³/mol. The van der Waals surface area contributed by atoms with Crippen LogP contribution in [0.3, 0.4) is 0 Å². The van der Waals surface area contributed by atoms with Crippen LogP contribution in [0.4, 0.5) is 8.78 Å². The summed E-state index contributed by atoms with van der Waals surface area (Å²) in [5.74, 6) is -4.75. The Labute approximate surface area is 80.8 Å². The van der Waals surface area contributed by atoms with Crippen molar-refractivity contribution in [3.8, 4) is 0 Å². The van der Waals surface area contributed by atoms with Crippen molar-refractivity contribution in [1.82, 2.24) is 5.32 Å². The van der Waals surface area contributed by atoms with E-state index in [1.54, 1.807) is 0 Å². The molecule has 0 spiro atoms. The van der Waals surface area contributed by atoms with E-state index in [1.807, 2.05) is 0 Å². The van der Waals surface area contributed by atoms with Crippen molar-refractivity contribution in [1.29, 1.82) is 0 Å². The molecule has 1 aliphatic heterocycles. The molecule has 1 saturated heterocycles. The molecular formula is C8H14F2N2O2. The highest BCUT2D eigenvalue weighted by molar-refractivity contribution is 5.83. The van der Waals surface area contributed by atoms with E-state index in [-0.39, 0.29) is 6.04 Å². The summed E-state index contributed by atoms with van der Waals surface area (Å²) in [5.41, 5.74) is 4.78. The van der Waals surface area contributed by atoms with Gasteiger partial charge in [-0.05, 0) is 12.8 Å². The maximum Gasteiger partial charge on any atom is 0.336 e. The second kappa shape index (κ2) is 4.65. The van der Waals surface area contributed by atoms with Crippen LogP contribution in [0, 0.1) is 0 Å². The third-order valence-corrected chi connectivity index (χ3v) is 2.15. The number of hydrogen-bond donors (Lipinski definition) is 2. The fourth-order valence-corrected chi connectivity index (χ4v) is 1.23. The number of hydrogen-bond acceptors (Lipinski definition) is 3. The molecule has 0 unspecified atom stereocenters.